The van der Waals surface area contributed by atoms with Crippen LogP contribution in [-0.2, 0) is 26.8 Å². The fraction of sp³-hybridized carbons (Fsp3) is 0.333. The van der Waals surface area contributed by atoms with Crippen molar-refractivity contribution >= 4 is 8.60 Å². The second-order valence-electron chi connectivity index (χ2n) is 5.07. The molecule has 0 aliphatic rings. The third kappa shape index (κ3) is 6.25. The summed E-state index contributed by atoms with van der Waals surface area (Å²) in [5.41, 5.74) is 2.23. The Hall–Kier alpha value is -1.25. The number of hydrogen-bond acceptors (Lipinski definition) is 3. The fourth-order valence-corrected chi connectivity index (χ4v) is 2.87. The molecule has 1 unspecified atom stereocenters. The molecular formula is C18H23O3P. The highest BCUT2D eigenvalue weighted by molar-refractivity contribution is 7.41. The van der Waals surface area contributed by atoms with Crippen LogP contribution in [0.5, 0.6) is 0 Å². The third-order valence-corrected chi connectivity index (χ3v) is 4.41. The van der Waals surface area contributed by atoms with E-state index < -0.39 is 8.60 Å². The minimum atomic E-state index is -1.35. The van der Waals surface area contributed by atoms with E-state index in [9.17, 15) is 0 Å². The van der Waals surface area contributed by atoms with E-state index in [4.69, 9.17) is 13.6 Å². The summed E-state index contributed by atoms with van der Waals surface area (Å²) in [5.74, 6) is 0. The quantitative estimate of drug-likeness (QED) is 0.574. The van der Waals surface area contributed by atoms with E-state index in [0.29, 0.717) is 13.2 Å². The van der Waals surface area contributed by atoms with Crippen molar-refractivity contribution in [3.8, 4) is 0 Å². The van der Waals surface area contributed by atoms with Crippen LogP contribution < -0.4 is 0 Å². The zero-order chi connectivity index (χ0) is 15.6. The maximum Gasteiger partial charge on any atom is 0.333 e. The van der Waals surface area contributed by atoms with Crippen LogP contribution in [0.25, 0.3) is 0 Å². The van der Waals surface area contributed by atoms with Gasteiger partial charge in [0.05, 0.1) is 19.3 Å². The van der Waals surface area contributed by atoms with Crippen LogP contribution in [0.15, 0.2) is 60.7 Å². The van der Waals surface area contributed by atoms with Gasteiger partial charge < -0.3 is 13.6 Å². The van der Waals surface area contributed by atoms with Gasteiger partial charge in [0.2, 0.25) is 0 Å². The summed E-state index contributed by atoms with van der Waals surface area (Å²) in [6.07, 6.45) is 1.06. The van der Waals surface area contributed by atoms with E-state index in [-0.39, 0.29) is 6.10 Å². The van der Waals surface area contributed by atoms with Crippen molar-refractivity contribution in [1.82, 2.24) is 0 Å². The van der Waals surface area contributed by atoms with Crippen LogP contribution >= 0.6 is 8.60 Å². The van der Waals surface area contributed by atoms with E-state index >= 15 is 0 Å². The Morgan fingerprint density at radius 3 is 1.68 bits per heavy atom. The molecule has 4 heteroatoms. The monoisotopic (exact) mass is 318 g/mol. The van der Waals surface area contributed by atoms with Crippen LogP contribution in [0, 0.1) is 0 Å². The van der Waals surface area contributed by atoms with Crippen molar-refractivity contribution in [2.24, 2.45) is 0 Å². The summed E-state index contributed by atoms with van der Waals surface area (Å²) < 4.78 is 17.5. The van der Waals surface area contributed by atoms with Crippen LogP contribution in [-0.4, -0.2) is 6.10 Å². The van der Waals surface area contributed by atoms with Crippen molar-refractivity contribution in [1.29, 1.82) is 0 Å². The molecular weight excluding hydrogens is 295 g/mol. The average molecular weight is 318 g/mol. The average Bonchev–Trinajstić information content (AvgIpc) is 2.59. The Labute approximate surface area is 134 Å². The van der Waals surface area contributed by atoms with Crippen LogP contribution in [0.2, 0.25) is 0 Å². The molecule has 0 N–H and O–H groups in total. The molecule has 22 heavy (non-hydrogen) atoms. The van der Waals surface area contributed by atoms with Crippen molar-refractivity contribution in [2.45, 2.75) is 39.6 Å². The van der Waals surface area contributed by atoms with Crippen LogP contribution in [0.4, 0.5) is 0 Å². The molecule has 3 nitrogen and oxygen atoms in total. The molecule has 118 valence electrons. The van der Waals surface area contributed by atoms with Gasteiger partial charge in [-0.1, -0.05) is 67.6 Å². The molecule has 0 aliphatic heterocycles. The first-order chi connectivity index (χ1) is 10.8. The van der Waals surface area contributed by atoms with Gasteiger partial charge in [-0.25, -0.2) is 0 Å². The smallest absolute Gasteiger partial charge is 0.309 e. The topological polar surface area (TPSA) is 27.7 Å². The van der Waals surface area contributed by atoms with E-state index in [0.717, 1.165) is 17.5 Å². The lowest BCUT2D eigenvalue weighted by Crippen LogP contribution is -2.06. The van der Waals surface area contributed by atoms with Gasteiger partial charge in [0.1, 0.15) is 0 Å². The predicted octanol–water partition coefficient (Wildman–Crippen LogP) is 5.46. The Balaban J connectivity index is 1.87. The standard InChI is InChI=1S/C18H23O3P/c1-3-16(2)21-22(19-14-17-10-6-4-7-11-17)20-15-18-12-8-5-9-13-18/h4-13,16H,3,14-15H2,1-2H3. The van der Waals surface area contributed by atoms with E-state index in [1.165, 1.54) is 0 Å². The van der Waals surface area contributed by atoms with Gasteiger partial charge in [0.15, 0.2) is 0 Å². The normalized spacial score (nSPS) is 12.5. The molecule has 0 fully saturated rings. The molecule has 2 rings (SSSR count). The zero-order valence-electron chi connectivity index (χ0n) is 13.1. The molecule has 0 saturated heterocycles. The summed E-state index contributed by atoms with van der Waals surface area (Å²) in [6.45, 7) is 5.12. The Kier molecular flexibility index (Phi) is 7.55. The first-order valence-corrected chi connectivity index (χ1v) is 8.68. The van der Waals surface area contributed by atoms with Gasteiger partial charge >= 0.3 is 8.60 Å². The predicted molar refractivity (Wildman–Crippen MR) is 90.2 cm³/mol. The number of hydrogen-bond donors (Lipinski definition) is 0. The summed E-state index contributed by atoms with van der Waals surface area (Å²) in [4.78, 5) is 0. The number of rotatable bonds is 9. The molecule has 0 bridgehead atoms. The lowest BCUT2D eigenvalue weighted by Gasteiger charge is -2.20. The maximum atomic E-state index is 5.86. The molecule has 1 atom stereocenters. The summed E-state index contributed by atoms with van der Waals surface area (Å²) in [5, 5.41) is 0. The van der Waals surface area contributed by atoms with Crippen molar-refractivity contribution in [3.63, 3.8) is 0 Å². The number of benzene rings is 2. The van der Waals surface area contributed by atoms with Gasteiger partial charge in [-0.2, -0.15) is 0 Å². The first-order valence-electron chi connectivity index (χ1n) is 7.58. The van der Waals surface area contributed by atoms with Crippen molar-refractivity contribution < 1.29 is 13.6 Å². The Morgan fingerprint density at radius 1 is 0.818 bits per heavy atom. The van der Waals surface area contributed by atoms with Crippen LogP contribution in [0.1, 0.15) is 31.4 Å². The van der Waals surface area contributed by atoms with Gasteiger partial charge in [0, 0.05) is 0 Å². The molecule has 0 radical (unpaired) electrons. The van der Waals surface area contributed by atoms with Crippen molar-refractivity contribution in [3.05, 3.63) is 71.8 Å². The summed E-state index contributed by atoms with van der Waals surface area (Å²) in [6, 6.07) is 20.1. The van der Waals surface area contributed by atoms with E-state index in [1.807, 2.05) is 67.6 Å². The fourth-order valence-electron chi connectivity index (χ4n) is 1.72. The van der Waals surface area contributed by atoms with E-state index in [2.05, 4.69) is 6.92 Å². The first kappa shape index (κ1) is 17.1. The summed E-state index contributed by atoms with van der Waals surface area (Å²) >= 11 is 0. The lowest BCUT2D eigenvalue weighted by atomic mass is 10.2. The second-order valence-corrected chi connectivity index (χ2v) is 6.24. The molecule has 0 aromatic heterocycles. The molecule has 2 aromatic rings. The molecule has 0 saturated carbocycles. The molecule has 0 spiro atoms. The Bertz CT molecular complexity index is 475. The minimum absolute atomic E-state index is 0.123. The SMILES string of the molecule is CCC(C)OP(OCc1ccccc1)OCc1ccccc1. The Morgan fingerprint density at radius 2 is 1.27 bits per heavy atom. The van der Waals surface area contributed by atoms with Gasteiger partial charge in [-0.3, -0.25) is 0 Å². The third-order valence-electron chi connectivity index (χ3n) is 3.20. The second kappa shape index (κ2) is 9.70. The highest BCUT2D eigenvalue weighted by atomic mass is 31.2. The minimum Gasteiger partial charge on any atom is -0.309 e. The molecule has 0 amide bonds. The molecule has 0 heterocycles. The van der Waals surface area contributed by atoms with Crippen molar-refractivity contribution in [2.75, 3.05) is 0 Å². The molecule has 2 aromatic carbocycles. The maximum absolute atomic E-state index is 5.86. The van der Waals surface area contributed by atoms with Gasteiger partial charge in [-0.05, 0) is 24.5 Å². The van der Waals surface area contributed by atoms with Crippen LogP contribution in [0.3, 0.4) is 0 Å². The highest BCUT2D eigenvalue weighted by Gasteiger charge is 2.16. The van der Waals surface area contributed by atoms with E-state index in [1.54, 1.807) is 0 Å². The molecule has 0 aliphatic carbocycles. The zero-order valence-corrected chi connectivity index (χ0v) is 14.0. The summed E-state index contributed by atoms with van der Waals surface area (Å²) in [7, 11) is -1.35. The largest absolute Gasteiger partial charge is 0.333 e. The highest BCUT2D eigenvalue weighted by Crippen LogP contribution is 2.43. The van der Waals surface area contributed by atoms with Gasteiger partial charge in [-0.15, -0.1) is 0 Å². The lowest BCUT2D eigenvalue weighted by molar-refractivity contribution is 0.115. The van der Waals surface area contributed by atoms with Gasteiger partial charge in [0.25, 0.3) is 0 Å².